The van der Waals surface area contributed by atoms with Crippen LogP contribution in [0, 0.1) is 12.8 Å². The number of likely N-dealkylation sites (tertiary alicyclic amines) is 1. The van der Waals surface area contributed by atoms with Crippen molar-refractivity contribution in [3.05, 3.63) is 59.3 Å². The summed E-state index contributed by atoms with van der Waals surface area (Å²) in [6.07, 6.45) is 4.37. The highest BCUT2D eigenvalue weighted by molar-refractivity contribution is 5.47. The molecule has 2 fully saturated rings. The average molecular weight is 471 g/mol. The van der Waals surface area contributed by atoms with Gasteiger partial charge in [-0.25, -0.2) is 4.98 Å². The van der Waals surface area contributed by atoms with Crippen molar-refractivity contribution < 1.29 is 13.2 Å². The zero-order chi connectivity index (χ0) is 23.9. The van der Waals surface area contributed by atoms with E-state index in [0.717, 1.165) is 80.3 Å². The Morgan fingerprint density at radius 2 is 1.82 bits per heavy atom. The molecule has 0 bridgehead atoms. The summed E-state index contributed by atoms with van der Waals surface area (Å²) in [4.78, 5) is 11.1. The Kier molecular flexibility index (Phi) is 5.91. The van der Waals surface area contributed by atoms with Crippen molar-refractivity contribution in [2.45, 2.75) is 50.6 Å². The minimum atomic E-state index is -4.28. The second kappa shape index (κ2) is 8.76. The summed E-state index contributed by atoms with van der Waals surface area (Å²) in [5, 5.41) is 8.62. The van der Waals surface area contributed by atoms with Crippen LogP contribution in [0.3, 0.4) is 0 Å². The van der Waals surface area contributed by atoms with Gasteiger partial charge in [-0.2, -0.15) is 13.2 Å². The van der Waals surface area contributed by atoms with E-state index in [-0.39, 0.29) is 5.41 Å². The standard InChI is InChI=1S/C25H29F3N6/c1-17-13-30-21(14-29-17)23-32-31-22(33(23)2)6-4-3-5-11-34-15-20-12-24(20,16-34)18-7-9-19(10-8-18)25(26,27)28/h7-10,13-14,20H,3-6,11-12,15-16H2,1-2H3/t20-,24+/m0/s1. The summed E-state index contributed by atoms with van der Waals surface area (Å²) >= 11 is 0. The number of unbranched alkanes of at least 4 members (excludes halogenated alkanes) is 2. The van der Waals surface area contributed by atoms with Gasteiger partial charge in [0.25, 0.3) is 0 Å². The lowest BCUT2D eigenvalue weighted by atomic mass is 9.94. The average Bonchev–Trinajstić information content (AvgIpc) is 3.19. The van der Waals surface area contributed by atoms with E-state index in [0.29, 0.717) is 5.92 Å². The number of aryl methyl sites for hydroxylation is 2. The molecule has 34 heavy (non-hydrogen) atoms. The molecule has 1 aliphatic heterocycles. The summed E-state index contributed by atoms with van der Waals surface area (Å²) in [5.41, 5.74) is 2.15. The maximum Gasteiger partial charge on any atom is 0.416 e. The minimum Gasteiger partial charge on any atom is -0.313 e. The highest BCUT2D eigenvalue weighted by Crippen LogP contribution is 2.59. The number of hydrogen-bond acceptors (Lipinski definition) is 5. The van der Waals surface area contributed by atoms with Gasteiger partial charge in [0.15, 0.2) is 5.82 Å². The SMILES string of the molecule is Cc1cnc(-c2nnc(CCCCCN3C[C@@H]4C[C@]4(c4ccc(C(F)(F)F)cc4)C3)n2C)cn1. The van der Waals surface area contributed by atoms with Crippen molar-refractivity contribution in [3.8, 4) is 11.5 Å². The topological polar surface area (TPSA) is 59.7 Å². The molecule has 0 unspecified atom stereocenters. The van der Waals surface area contributed by atoms with Crippen molar-refractivity contribution >= 4 is 0 Å². The smallest absolute Gasteiger partial charge is 0.313 e. The molecular weight excluding hydrogens is 441 g/mol. The number of piperidine rings is 1. The molecule has 1 aromatic carbocycles. The van der Waals surface area contributed by atoms with E-state index in [2.05, 4.69) is 25.1 Å². The first-order valence-electron chi connectivity index (χ1n) is 11.8. The van der Waals surface area contributed by atoms with E-state index in [1.165, 1.54) is 12.1 Å². The Morgan fingerprint density at radius 3 is 2.53 bits per heavy atom. The lowest BCUT2D eigenvalue weighted by Gasteiger charge is -2.21. The van der Waals surface area contributed by atoms with Gasteiger partial charge in [-0.1, -0.05) is 18.6 Å². The molecule has 1 saturated heterocycles. The molecule has 180 valence electrons. The zero-order valence-corrected chi connectivity index (χ0v) is 19.5. The van der Waals surface area contributed by atoms with Gasteiger partial charge >= 0.3 is 6.18 Å². The third-order valence-corrected chi connectivity index (χ3v) is 7.35. The van der Waals surface area contributed by atoms with Crippen molar-refractivity contribution in [3.63, 3.8) is 0 Å². The summed E-state index contributed by atoms with van der Waals surface area (Å²) in [6, 6.07) is 5.82. The monoisotopic (exact) mass is 470 g/mol. The Labute approximate surface area is 197 Å². The van der Waals surface area contributed by atoms with E-state index in [1.54, 1.807) is 24.5 Å². The Bertz CT molecular complexity index is 1140. The molecule has 9 heteroatoms. The Hall–Kier alpha value is -2.81. The van der Waals surface area contributed by atoms with Crippen LogP contribution in [-0.2, 0) is 25.1 Å². The van der Waals surface area contributed by atoms with Crippen molar-refractivity contribution in [2.75, 3.05) is 19.6 Å². The molecule has 1 aliphatic carbocycles. The van der Waals surface area contributed by atoms with Crippen LogP contribution in [0.15, 0.2) is 36.7 Å². The van der Waals surface area contributed by atoms with Crippen molar-refractivity contribution in [1.82, 2.24) is 29.6 Å². The number of aromatic nitrogens is 5. The highest BCUT2D eigenvalue weighted by atomic mass is 19.4. The van der Waals surface area contributed by atoms with Gasteiger partial charge in [-0.3, -0.25) is 4.98 Å². The summed E-state index contributed by atoms with van der Waals surface area (Å²) in [7, 11) is 1.96. The van der Waals surface area contributed by atoms with Crippen LogP contribution in [0.5, 0.6) is 0 Å². The molecule has 6 nitrogen and oxygen atoms in total. The van der Waals surface area contributed by atoms with Crippen LogP contribution in [0.1, 0.15) is 48.3 Å². The molecule has 0 radical (unpaired) electrons. The molecule has 2 aliphatic rings. The molecule has 1 saturated carbocycles. The molecule has 0 spiro atoms. The lowest BCUT2D eigenvalue weighted by molar-refractivity contribution is -0.137. The van der Waals surface area contributed by atoms with Crippen LogP contribution < -0.4 is 0 Å². The van der Waals surface area contributed by atoms with E-state index in [4.69, 9.17) is 0 Å². The van der Waals surface area contributed by atoms with Crippen LogP contribution in [-0.4, -0.2) is 49.3 Å². The van der Waals surface area contributed by atoms with Crippen molar-refractivity contribution in [1.29, 1.82) is 0 Å². The van der Waals surface area contributed by atoms with Gasteiger partial charge in [0, 0.05) is 38.2 Å². The maximum absolute atomic E-state index is 12.9. The molecule has 0 amide bonds. The lowest BCUT2D eigenvalue weighted by Crippen LogP contribution is -2.27. The molecular formula is C25H29F3N6. The molecule has 0 N–H and O–H groups in total. The fourth-order valence-electron chi connectivity index (χ4n) is 5.30. The third kappa shape index (κ3) is 4.45. The summed E-state index contributed by atoms with van der Waals surface area (Å²) in [6.45, 7) is 4.93. The number of benzene rings is 1. The number of hydrogen-bond donors (Lipinski definition) is 0. The molecule has 2 atom stereocenters. The largest absolute Gasteiger partial charge is 0.416 e. The Morgan fingerprint density at radius 1 is 1.03 bits per heavy atom. The third-order valence-electron chi connectivity index (χ3n) is 7.35. The van der Waals surface area contributed by atoms with Gasteiger partial charge in [0.2, 0.25) is 0 Å². The molecule has 5 rings (SSSR count). The van der Waals surface area contributed by atoms with Gasteiger partial charge in [-0.05, 0) is 56.3 Å². The first-order chi connectivity index (χ1) is 16.3. The van der Waals surface area contributed by atoms with Gasteiger partial charge < -0.3 is 9.47 Å². The van der Waals surface area contributed by atoms with Gasteiger partial charge in [0.1, 0.15) is 11.5 Å². The van der Waals surface area contributed by atoms with Crippen LogP contribution in [0.2, 0.25) is 0 Å². The van der Waals surface area contributed by atoms with E-state index in [1.807, 2.05) is 18.5 Å². The van der Waals surface area contributed by atoms with Gasteiger partial charge in [-0.15, -0.1) is 10.2 Å². The Balaban J connectivity index is 1.07. The quantitative estimate of drug-likeness (QED) is 0.451. The predicted octanol–water partition coefficient (Wildman–Crippen LogP) is 4.59. The molecule has 2 aromatic heterocycles. The predicted molar refractivity (Wildman–Crippen MR) is 122 cm³/mol. The number of rotatable bonds is 8. The minimum absolute atomic E-state index is 0.0675. The fraction of sp³-hybridized carbons (Fsp3) is 0.520. The highest BCUT2D eigenvalue weighted by Gasteiger charge is 2.60. The number of halogens is 3. The van der Waals surface area contributed by atoms with Crippen LogP contribution >= 0.6 is 0 Å². The normalized spacial score (nSPS) is 22.2. The van der Waals surface area contributed by atoms with Crippen LogP contribution in [0.4, 0.5) is 13.2 Å². The van der Waals surface area contributed by atoms with Gasteiger partial charge in [0.05, 0.1) is 17.5 Å². The van der Waals surface area contributed by atoms with E-state index >= 15 is 0 Å². The zero-order valence-electron chi connectivity index (χ0n) is 19.5. The number of fused-ring (bicyclic) bond motifs is 1. The second-order valence-corrected chi connectivity index (χ2v) is 9.72. The first kappa shape index (κ1) is 23.0. The van der Waals surface area contributed by atoms with Crippen molar-refractivity contribution in [2.24, 2.45) is 13.0 Å². The molecule has 3 heterocycles. The van der Waals surface area contributed by atoms with E-state index < -0.39 is 11.7 Å². The summed E-state index contributed by atoms with van der Waals surface area (Å²) < 4.78 is 40.6. The number of alkyl halides is 3. The first-order valence-corrected chi connectivity index (χ1v) is 11.8. The summed E-state index contributed by atoms with van der Waals surface area (Å²) in [5.74, 6) is 2.25. The number of nitrogens with zero attached hydrogens (tertiary/aromatic N) is 6. The van der Waals surface area contributed by atoms with E-state index in [9.17, 15) is 13.2 Å². The maximum atomic E-state index is 12.9. The fourth-order valence-corrected chi connectivity index (χ4v) is 5.30. The second-order valence-electron chi connectivity index (χ2n) is 9.72. The van der Waals surface area contributed by atoms with Crippen LogP contribution in [0.25, 0.3) is 11.5 Å². The molecule has 3 aromatic rings.